The number of anilines is 2. The van der Waals surface area contributed by atoms with E-state index in [1.165, 1.54) is 0 Å². The Labute approximate surface area is 132 Å². The monoisotopic (exact) mass is 357 g/mol. The Bertz CT molecular complexity index is 586. The van der Waals surface area contributed by atoms with E-state index in [1.54, 1.807) is 7.11 Å². The first kappa shape index (κ1) is 15.4. The van der Waals surface area contributed by atoms with E-state index in [2.05, 4.69) is 30.8 Å². The number of methoxy groups -OCH3 is 1. The maximum absolute atomic E-state index is 5.99. The lowest BCUT2D eigenvalue weighted by molar-refractivity contribution is 0.190. The van der Waals surface area contributed by atoms with Gasteiger partial charge >= 0.3 is 0 Å². The molecule has 0 aliphatic rings. The highest BCUT2D eigenvalue weighted by Gasteiger charge is 2.07. The van der Waals surface area contributed by atoms with Crippen LogP contribution < -0.4 is 5.32 Å². The number of nitrogens with one attached hydrogen (secondary N) is 1. The van der Waals surface area contributed by atoms with Crippen molar-refractivity contribution in [1.29, 1.82) is 0 Å². The fraction of sp³-hybridized carbons (Fsp3) is 0.357. The summed E-state index contributed by atoms with van der Waals surface area (Å²) < 4.78 is 8.04. The Balaban J connectivity index is 2.13. The predicted molar refractivity (Wildman–Crippen MR) is 85.9 cm³/mol. The summed E-state index contributed by atoms with van der Waals surface area (Å²) in [6.07, 6.45) is 2.98. The van der Waals surface area contributed by atoms with Gasteiger partial charge in [-0.15, -0.1) is 0 Å². The molecular formula is C14H17BrClN3O. The molecule has 0 saturated carbocycles. The summed E-state index contributed by atoms with van der Waals surface area (Å²) in [4.78, 5) is 4.50. The van der Waals surface area contributed by atoms with Crippen molar-refractivity contribution < 1.29 is 4.74 Å². The van der Waals surface area contributed by atoms with Crippen LogP contribution in [0.2, 0.25) is 5.02 Å². The molecular weight excluding hydrogens is 342 g/mol. The number of aromatic nitrogens is 2. The molecule has 0 aliphatic carbocycles. The van der Waals surface area contributed by atoms with Gasteiger partial charge in [-0.3, -0.25) is 0 Å². The molecule has 0 saturated heterocycles. The Morgan fingerprint density at radius 3 is 2.95 bits per heavy atom. The van der Waals surface area contributed by atoms with Crippen LogP contribution >= 0.6 is 27.5 Å². The highest BCUT2D eigenvalue weighted by Crippen LogP contribution is 2.27. The zero-order valence-corrected chi connectivity index (χ0v) is 13.8. The van der Waals surface area contributed by atoms with Crippen LogP contribution in [0.15, 0.2) is 28.9 Å². The third-order valence-corrected chi connectivity index (χ3v) is 4.03. The molecule has 2 rings (SSSR count). The first-order valence-electron chi connectivity index (χ1n) is 6.35. The van der Waals surface area contributed by atoms with Crippen LogP contribution in [0.25, 0.3) is 0 Å². The summed E-state index contributed by atoms with van der Waals surface area (Å²) in [6, 6.07) is 5.71. The van der Waals surface area contributed by atoms with E-state index in [0.29, 0.717) is 5.02 Å². The lowest BCUT2D eigenvalue weighted by atomic mass is 10.3. The average molecular weight is 359 g/mol. The highest BCUT2D eigenvalue weighted by atomic mass is 79.9. The van der Waals surface area contributed by atoms with Gasteiger partial charge in [0, 0.05) is 36.6 Å². The molecule has 20 heavy (non-hydrogen) atoms. The molecule has 2 aromatic rings. The Morgan fingerprint density at radius 2 is 2.25 bits per heavy atom. The van der Waals surface area contributed by atoms with Gasteiger partial charge in [0.05, 0.1) is 10.7 Å². The zero-order valence-electron chi connectivity index (χ0n) is 11.5. The molecule has 0 aliphatic heterocycles. The lowest BCUT2D eigenvalue weighted by Crippen LogP contribution is -2.05. The summed E-state index contributed by atoms with van der Waals surface area (Å²) in [6.45, 7) is 3.59. The van der Waals surface area contributed by atoms with Gasteiger partial charge in [-0.1, -0.05) is 11.6 Å². The summed E-state index contributed by atoms with van der Waals surface area (Å²) in [7, 11) is 1.71. The molecule has 1 heterocycles. The quantitative estimate of drug-likeness (QED) is 0.779. The maximum atomic E-state index is 5.99. The second-order valence-electron chi connectivity index (χ2n) is 4.50. The van der Waals surface area contributed by atoms with E-state index in [9.17, 15) is 0 Å². The van der Waals surface area contributed by atoms with E-state index >= 15 is 0 Å². The van der Waals surface area contributed by atoms with Gasteiger partial charge in [0.2, 0.25) is 5.95 Å². The van der Waals surface area contributed by atoms with Gasteiger partial charge < -0.3 is 14.6 Å². The van der Waals surface area contributed by atoms with Crippen molar-refractivity contribution in [2.45, 2.75) is 19.9 Å². The van der Waals surface area contributed by atoms with Crippen LogP contribution in [0, 0.1) is 6.92 Å². The lowest BCUT2D eigenvalue weighted by Gasteiger charge is -2.10. The first-order valence-corrected chi connectivity index (χ1v) is 7.52. The molecule has 108 valence electrons. The molecule has 6 heteroatoms. The van der Waals surface area contributed by atoms with Crippen molar-refractivity contribution in [3.63, 3.8) is 0 Å². The van der Waals surface area contributed by atoms with Crippen molar-refractivity contribution >= 4 is 39.2 Å². The molecule has 0 amide bonds. The van der Waals surface area contributed by atoms with Crippen LogP contribution in [0.4, 0.5) is 11.6 Å². The standard InChI is InChI=1S/C14H17BrClN3O/c1-10-9-19(6-3-7-20-2)14(17-10)18-11-4-5-13(16)12(15)8-11/h4-5,8-9H,3,6-7H2,1-2H3,(H,17,18). The van der Waals surface area contributed by atoms with Crippen LogP contribution in [0.1, 0.15) is 12.1 Å². The SMILES string of the molecule is COCCCn1cc(C)nc1Nc1ccc(Cl)c(Br)c1. The summed E-state index contributed by atoms with van der Waals surface area (Å²) >= 11 is 9.41. The van der Waals surface area contributed by atoms with Crippen molar-refractivity contribution in [3.05, 3.63) is 39.6 Å². The van der Waals surface area contributed by atoms with Gasteiger partial charge in [0.1, 0.15) is 0 Å². The minimum absolute atomic E-state index is 0.690. The average Bonchev–Trinajstić information content (AvgIpc) is 2.74. The van der Waals surface area contributed by atoms with E-state index in [0.717, 1.165) is 41.4 Å². The third kappa shape index (κ3) is 3.98. The van der Waals surface area contributed by atoms with Gasteiger partial charge in [0.25, 0.3) is 0 Å². The molecule has 0 radical (unpaired) electrons. The molecule has 0 bridgehead atoms. The molecule has 0 spiro atoms. The van der Waals surface area contributed by atoms with Crippen molar-refractivity contribution in [2.24, 2.45) is 0 Å². The topological polar surface area (TPSA) is 39.1 Å². The van der Waals surface area contributed by atoms with Gasteiger partial charge in [-0.05, 0) is 47.5 Å². The molecule has 4 nitrogen and oxygen atoms in total. The molecule has 1 N–H and O–H groups in total. The molecule has 0 unspecified atom stereocenters. The molecule has 1 aromatic heterocycles. The van der Waals surface area contributed by atoms with Crippen LogP contribution in [0.5, 0.6) is 0 Å². The number of rotatable bonds is 6. The predicted octanol–water partition coefficient (Wildman–Crippen LogP) is 4.39. The van der Waals surface area contributed by atoms with Gasteiger partial charge in [0.15, 0.2) is 0 Å². The second-order valence-corrected chi connectivity index (χ2v) is 5.76. The fourth-order valence-electron chi connectivity index (χ4n) is 1.90. The highest BCUT2D eigenvalue weighted by molar-refractivity contribution is 9.10. The summed E-state index contributed by atoms with van der Waals surface area (Å²) in [5, 5.41) is 4.00. The number of halogens is 2. The zero-order chi connectivity index (χ0) is 14.5. The van der Waals surface area contributed by atoms with E-state index < -0.39 is 0 Å². The molecule has 1 aromatic carbocycles. The van der Waals surface area contributed by atoms with Crippen LogP contribution in [-0.2, 0) is 11.3 Å². The third-order valence-electron chi connectivity index (χ3n) is 2.82. The Kier molecular flexibility index (Phi) is 5.46. The summed E-state index contributed by atoms with van der Waals surface area (Å²) in [5.74, 6) is 0.827. The van der Waals surface area contributed by atoms with E-state index in [1.807, 2.05) is 31.3 Å². The van der Waals surface area contributed by atoms with E-state index in [4.69, 9.17) is 16.3 Å². The number of ether oxygens (including phenoxy) is 1. The number of hydrogen-bond donors (Lipinski definition) is 1. The van der Waals surface area contributed by atoms with Gasteiger partial charge in [-0.25, -0.2) is 4.98 Å². The van der Waals surface area contributed by atoms with Gasteiger partial charge in [-0.2, -0.15) is 0 Å². The number of benzene rings is 1. The Morgan fingerprint density at radius 1 is 1.45 bits per heavy atom. The number of hydrogen-bond acceptors (Lipinski definition) is 3. The second kappa shape index (κ2) is 7.11. The minimum atomic E-state index is 0.690. The largest absolute Gasteiger partial charge is 0.385 e. The molecule has 0 fully saturated rings. The van der Waals surface area contributed by atoms with Crippen molar-refractivity contribution in [3.8, 4) is 0 Å². The first-order chi connectivity index (χ1) is 9.60. The number of nitrogens with zero attached hydrogens (tertiary/aromatic N) is 2. The fourth-order valence-corrected chi connectivity index (χ4v) is 2.40. The minimum Gasteiger partial charge on any atom is -0.385 e. The normalized spacial score (nSPS) is 10.8. The van der Waals surface area contributed by atoms with Crippen LogP contribution in [0.3, 0.4) is 0 Å². The number of aryl methyl sites for hydroxylation is 2. The van der Waals surface area contributed by atoms with Crippen LogP contribution in [-0.4, -0.2) is 23.3 Å². The van der Waals surface area contributed by atoms with E-state index in [-0.39, 0.29) is 0 Å². The molecule has 0 atom stereocenters. The van der Waals surface area contributed by atoms with Crippen molar-refractivity contribution in [2.75, 3.05) is 19.0 Å². The number of imidazole rings is 1. The summed E-state index contributed by atoms with van der Waals surface area (Å²) in [5.41, 5.74) is 1.93. The maximum Gasteiger partial charge on any atom is 0.207 e. The van der Waals surface area contributed by atoms with Crippen molar-refractivity contribution in [1.82, 2.24) is 9.55 Å². The Hall–Kier alpha value is -1.04. The smallest absolute Gasteiger partial charge is 0.207 e.